The smallest absolute Gasteiger partial charge is 0.251 e. The van der Waals surface area contributed by atoms with Crippen LogP contribution in [0.1, 0.15) is 35.3 Å². The van der Waals surface area contributed by atoms with Crippen LogP contribution in [-0.2, 0) is 14.8 Å². The zero-order chi connectivity index (χ0) is 21.6. The van der Waals surface area contributed by atoms with Gasteiger partial charge in [-0.2, -0.15) is 4.31 Å². The molecular formula is C21H27N3O4S. The van der Waals surface area contributed by atoms with Gasteiger partial charge in [0.05, 0.1) is 11.4 Å². The van der Waals surface area contributed by atoms with Gasteiger partial charge in [-0.1, -0.05) is 32.0 Å². The third-order valence-corrected chi connectivity index (χ3v) is 6.73. The molecule has 156 valence electrons. The molecular weight excluding hydrogens is 390 g/mol. The van der Waals surface area contributed by atoms with E-state index in [4.69, 9.17) is 0 Å². The van der Waals surface area contributed by atoms with Gasteiger partial charge >= 0.3 is 0 Å². The lowest BCUT2D eigenvalue weighted by Crippen LogP contribution is -2.33. The quantitative estimate of drug-likeness (QED) is 0.690. The number of amides is 2. The molecule has 0 fully saturated rings. The van der Waals surface area contributed by atoms with E-state index in [0.29, 0.717) is 24.3 Å². The van der Waals surface area contributed by atoms with Crippen LogP contribution in [0.4, 0.5) is 5.69 Å². The normalized spacial score (nSPS) is 11.3. The van der Waals surface area contributed by atoms with Crippen LogP contribution in [0.5, 0.6) is 0 Å². The number of carbonyl (C=O) groups excluding carboxylic acids is 2. The van der Waals surface area contributed by atoms with Crippen LogP contribution in [0.3, 0.4) is 0 Å². The van der Waals surface area contributed by atoms with Crippen LogP contribution in [0, 0.1) is 13.8 Å². The summed E-state index contributed by atoms with van der Waals surface area (Å²) >= 11 is 0. The molecule has 2 N–H and O–H groups in total. The van der Waals surface area contributed by atoms with Crippen molar-refractivity contribution in [2.24, 2.45) is 0 Å². The first-order valence-electron chi connectivity index (χ1n) is 9.45. The number of benzene rings is 2. The number of rotatable bonds is 8. The van der Waals surface area contributed by atoms with E-state index in [1.165, 1.54) is 10.4 Å². The van der Waals surface area contributed by atoms with E-state index in [1.807, 2.05) is 0 Å². The Balaban J connectivity index is 2.17. The van der Waals surface area contributed by atoms with Crippen LogP contribution < -0.4 is 10.6 Å². The molecule has 0 bridgehead atoms. The second kappa shape index (κ2) is 9.67. The number of carbonyl (C=O) groups is 2. The Morgan fingerprint density at radius 3 is 2.21 bits per heavy atom. The molecule has 0 aliphatic carbocycles. The van der Waals surface area contributed by atoms with Crippen molar-refractivity contribution in [1.82, 2.24) is 9.62 Å². The highest BCUT2D eigenvalue weighted by Crippen LogP contribution is 2.26. The van der Waals surface area contributed by atoms with Gasteiger partial charge in [-0.05, 0) is 49.2 Å². The number of nitrogens with one attached hydrogen (secondary N) is 2. The number of aryl methyl sites for hydroxylation is 1. The maximum absolute atomic E-state index is 12.8. The Morgan fingerprint density at radius 2 is 1.62 bits per heavy atom. The molecule has 2 amide bonds. The van der Waals surface area contributed by atoms with Gasteiger partial charge in [0.2, 0.25) is 15.9 Å². The van der Waals surface area contributed by atoms with Gasteiger partial charge in [0, 0.05) is 24.3 Å². The fraction of sp³-hybridized carbons (Fsp3) is 0.333. The van der Waals surface area contributed by atoms with Crippen molar-refractivity contribution >= 4 is 27.5 Å². The van der Waals surface area contributed by atoms with Crippen molar-refractivity contribution in [1.29, 1.82) is 0 Å². The molecule has 0 heterocycles. The molecule has 2 aromatic carbocycles. The molecule has 29 heavy (non-hydrogen) atoms. The Labute approximate surface area is 172 Å². The van der Waals surface area contributed by atoms with Crippen molar-refractivity contribution < 1.29 is 18.0 Å². The first-order valence-corrected chi connectivity index (χ1v) is 10.9. The van der Waals surface area contributed by atoms with E-state index in [2.05, 4.69) is 10.6 Å². The summed E-state index contributed by atoms with van der Waals surface area (Å²) in [6.45, 7) is 7.66. The van der Waals surface area contributed by atoms with Crippen LogP contribution in [0.15, 0.2) is 47.4 Å². The van der Waals surface area contributed by atoms with Gasteiger partial charge in [0.1, 0.15) is 0 Å². The lowest BCUT2D eigenvalue weighted by Gasteiger charge is -2.20. The maximum Gasteiger partial charge on any atom is 0.251 e. The molecule has 0 spiro atoms. The number of hydrogen-bond acceptors (Lipinski definition) is 4. The Bertz CT molecular complexity index is 984. The highest BCUT2D eigenvalue weighted by atomic mass is 32.2. The number of anilines is 1. The van der Waals surface area contributed by atoms with E-state index in [0.717, 1.165) is 11.1 Å². The van der Waals surface area contributed by atoms with Gasteiger partial charge in [-0.15, -0.1) is 0 Å². The molecule has 0 aromatic heterocycles. The first-order chi connectivity index (χ1) is 13.7. The zero-order valence-corrected chi connectivity index (χ0v) is 18.0. The standard InChI is InChI=1S/C21H27N3O4S/c1-5-24(6-2)29(27,28)18-12-15(3)16(4)19(13-18)23-20(25)14-22-21(26)17-10-8-7-9-11-17/h7-13H,5-6,14H2,1-4H3,(H,22,26)(H,23,25). The van der Waals surface area contributed by atoms with Crippen molar-refractivity contribution in [3.05, 3.63) is 59.2 Å². The van der Waals surface area contributed by atoms with E-state index in [1.54, 1.807) is 64.1 Å². The van der Waals surface area contributed by atoms with Crippen molar-refractivity contribution in [3.63, 3.8) is 0 Å². The monoisotopic (exact) mass is 417 g/mol. The minimum Gasteiger partial charge on any atom is -0.343 e. The maximum atomic E-state index is 12.8. The molecule has 0 aliphatic rings. The minimum absolute atomic E-state index is 0.132. The highest BCUT2D eigenvalue weighted by Gasteiger charge is 2.23. The van der Waals surface area contributed by atoms with Crippen LogP contribution in [-0.4, -0.2) is 44.2 Å². The highest BCUT2D eigenvalue weighted by molar-refractivity contribution is 7.89. The van der Waals surface area contributed by atoms with Crippen LogP contribution in [0.2, 0.25) is 0 Å². The van der Waals surface area contributed by atoms with Gasteiger partial charge in [-0.3, -0.25) is 9.59 Å². The molecule has 0 saturated carbocycles. The van der Waals surface area contributed by atoms with Crippen molar-refractivity contribution in [3.8, 4) is 0 Å². The van der Waals surface area contributed by atoms with Gasteiger partial charge in [-0.25, -0.2) is 8.42 Å². The Hall–Kier alpha value is -2.71. The molecule has 7 nitrogen and oxygen atoms in total. The summed E-state index contributed by atoms with van der Waals surface area (Å²) in [5.74, 6) is -0.791. The predicted molar refractivity (Wildman–Crippen MR) is 113 cm³/mol. The van der Waals surface area contributed by atoms with E-state index in [-0.39, 0.29) is 17.3 Å². The Morgan fingerprint density at radius 1 is 1.00 bits per heavy atom. The molecule has 2 rings (SSSR count). The van der Waals surface area contributed by atoms with E-state index in [9.17, 15) is 18.0 Å². The lowest BCUT2D eigenvalue weighted by molar-refractivity contribution is -0.115. The number of sulfonamides is 1. The van der Waals surface area contributed by atoms with E-state index < -0.39 is 15.9 Å². The largest absolute Gasteiger partial charge is 0.343 e. The average molecular weight is 418 g/mol. The molecule has 0 aliphatic heterocycles. The van der Waals surface area contributed by atoms with Crippen LogP contribution in [0.25, 0.3) is 0 Å². The summed E-state index contributed by atoms with van der Waals surface area (Å²) in [4.78, 5) is 24.5. The van der Waals surface area contributed by atoms with Gasteiger partial charge < -0.3 is 10.6 Å². The zero-order valence-electron chi connectivity index (χ0n) is 17.2. The number of hydrogen-bond donors (Lipinski definition) is 2. The summed E-state index contributed by atoms with van der Waals surface area (Å²) in [7, 11) is -3.65. The van der Waals surface area contributed by atoms with E-state index >= 15 is 0 Å². The third-order valence-electron chi connectivity index (χ3n) is 4.70. The summed E-state index contributed by atoms with van der Waals surface area (Å²) in [6, 6.07) is 11.7. The molecule has 0 radical (unpaired) electrons. The SMILES string of the molecule is CCN(CC)S(=O)(=O)c1cc(C)c(C)c(NC(=O)CNC(=O)c2ccccc2)c1. The topological polar surface area (TPSA) is 95.6 Å². The second-order valence-corrected chi connectivity index (χ2v) is 8.54. The minimum atomic E-state index is -3.65. The summed E-state index contributed by atoms with van der Waals surface area (Å²) in [5.41, 5.74) is 2.39. The average Bonchev–Trinajstić information content (AvgIpc) is 2.70. The first kappa shape index (κ1) is 22.6. The van der Waals surface area contributed by atoms with Gasteiger partial charge in [0.25, 0.3) is 5.91 Å². The molecule has 0 saturated heterocycles. The summed E-state index contributed by atoms with van der Waals surface area (Å²) in [6.07, 6.45) is 0. The third kappa shape index (κ3) is 5.42. The number of nitrogens with zero attached hydrogens (tertiary/aromatic N) is 1. The lowest BCUT2D eigenvalue weighted by atomic mass is 10.1. The molecule has 0 atom stereocenters. The molecule has 2 aromatic rings. The summed E-state index contributed by atoms with van der Waals surface area (Å²) < 4.78 is 27.0. The second-order valence-electron chi connectivity index (χ2n) is 6.60. The fourth-order valence-electron chi connectivity index (χ4n) is 2.86. The fourth-order valence-corrected chi connectivity index (χ4v) is 4.43. The Kier molecular flexibility index (Phi) is 7.53. The predicted octanol–water partition coefficient (Wildman–Crippen LogP) is 2.70. The summed E-state index contributed by atoms with van der Waals surface area (Å²) in [5, 5.41) is 5.27. The van der Waals surface area contributed by atoms with Gasteiger partial charge in [0.15, 0.2) is 0 Å². The van der Waals surface area contributed by atoms with Crippen molar-refractivity contribution in [2.45, 2.75) is 32.6 Å². The molecule has 8 heteroatoms. The van der Waals surface area contributed by atoms with Crippen molar-refractivity contribution in [2.75, 3.05) is 25.0 Å². The molecule has 0 unspecified atom stereocenters. The van der Waals surface area contributed by atoms with Crippen LogP contribution >= 0.6 is 0 Å².